The van der Waals surface area contributed by atoms with E-state index in [0.717, 1.165) is 5.56 Å². The van der Waals surface area contributed by atoms with Crippen molar-refractivity contribution in [2.24, 2.45) is 0 Å². The highest BCUT2D eigenvalue weighted by Crippen LogP contribution is 2.15. The van der Waals surface area contributed by atoms with Gasteiger partial charge in [-0.3, -0.25) is 9.59 Å². The Balaban J connectivity index is 2.32. The Morgan fingerprint density at radius 3 is 2.53 bits per heavy atom. The number of hydrogen-bond donors (Lipinski definition) is 0. The minimum atomic E-state index is -0.427. The highest BCUT2D eigenvalue weighted by atomic mass is 16.2. The first-order valence-corrected chi connectivity index (χ1v) is 4.78. The third-order valence-corrected chi connectivity index (χ3v) is 2.26. The molecule has 0 unspecified atom stereocenters. The van der Waals surface area contributed by atoms with Crippen LogP contribution in [0.2, 0.25) is 0 Å². The minimum Gasteiger partial charge on any atom is -0.286 e. The molecule has 0 saturated heterocycles. The summed E-state index contributed by atoms with van der Waals surface area (Å²) in [7, 11) is 0. The van der Waals surface area contributed by atoms with Gasteiger partial charge in [0.15, 0.2) is 0 Å². The summed E-state index contributed by atoms with van der Waals surface area (Å²) in [5, 5.41) is 0. The topological polar surface area (TPSA) is 34.1 Å². The lowest BCUT2D eigenvalue weighted by atomic mass is 9.96. The second-order valence-electron chi connectivity index (χ2n) is 3.38. The number of Topliss-reactive ketones (excluding diaryl/α,β-unsaturated/α-hetero) is 1. The van der Waals surface area contributed by atoms with Crippen molar-refractivity contribution in [3.05, 3.63) is 53.6 Å². The van der Waals surface area contributed by atoms with E-state index >= 15 is 0 Å². The number of benzene rings is 1. The van der Waals surface area contributed by atoms with E-state index in [9.17, 15) is 9.59 Å². The van der Waals surface area contributed by atoms with E-state index in [-0.39, 0.29) is 5.78 Å². The molecule has 1 aromatic rings. The van der Waals surface area contributed by atoms with E-state index in [4.69, 9.17) is 0 Å². The summed E-state index contributed by atoms with van der Waals surface area (Å²) in [6, 6.07) is 9.52. The third kappa shape index (κ3) is 2.10. The van der Waals surface area contributed by atoms with Crippen LogP contribution in [0.25, 0.3) is 6.08 Å². The smallest absolute Gasteiger partial charge is 0.229 e. The predicted octanol–water partition coefficient (Wildman–Crippen LogP) is 2.17. The Labute approximate surface area is 87.9 Å². The summed E-state index contributed by atoms with van der Waals surface area (Å²) in [4.78, 5) is 22.6. The van der Waals surface area contributed by atoms with E-state index in [1.165, 1.54) is 6.08 Å². The summed E-state index contributed by atoms with van der Waals surface area (Å²) in [5.74, 6) is -0.815. The number of allylic oxidation sites excluding steroid dienone is 3. The lowest BCUT2D eigenvalue weighted by Crippen LogP contribution is -2.16. The zero-order valence-electron chi connectivity index (χ0n) is 8.14. The van der Waals surface area contributed by atoms with Gasteiger partial charge in [0.2, 0.25) is 11.6 Å². The molecule has 1 aromatic carbocycles. The maximum Gasteiger partial charge on any atom is 0.229 e. The molecule has 0 N–H and O–H groups in total. The fraction of sp³-hybridized carbons (Fsp3) is 0.0769. The molecule has 0 heterocycles. The second-order valence-corrected chi connectivity index (χ2v) is 3.38. The summed E-state index contributed by atoms with van der Waals surface area (Å²) < 4.78 is 0. The molecule has 0 bridgehead atoms. The van der Waals surface area contributed by atoms with E-state index < -0.39 is 5.78 Å². The van der Waals surface area contributed by atoms with Crippen molar-refractivity contribution >= 4 is 17.6 Å². The summed E-state index contributed by atoms with van der Waals surface area (Å²) >= 11 is 0. The van der Waals surface area contributed by atoms with Gasteiger partial charge in [-0.2, -0.15) is 0 Å². The fourth-order valence-corrected chi connectivity index (χ4v) is 1.49. The van der Waals surface area contributed by atoms with Crippen molar-refractivity contribution in [3.8, 4) is 0 Å². The van der Waals surface area contributed by atoms with Crippen LogP contribution in [0.4, 0.5) is 0 Å². The van der Waals surface area contributed by atoms with Crippen molar-refractivity contribution in [3.63, 3.8) is 0 Å². The van der Waals surface area contributed by atoms with E-state index in [1.807, 2.05) is 30.3 Å². The molecule has 0 aliphatic heterocycles. The first-order valence-electron chi connectivity index (χ1n) is 4.78. The van der Waals surface area contributed by atoms with Gasteiger partial charge in [0.1, 0.15) is 0 Å². The maximum atomic E-state index is 11.5. The van der Waals surface area contributed by atoms with Crippen molar-refractivity contribution in [1.29, 1.82) is 0 Å². The first kappa shape index (κ1) is 9.59. The average molecular weight is 198 g/mol. The van der Waals surface area contributed by atoms with Gasteiger partial charge in [-0.1, -0.05) is 36.4 Å². The van der Waals surface area contributed by atoms with Gasteiger partial charge in [-0.15, -0.1) is 0 Å². The van der Waals surface area contributed by atoms with Crippen LogP contribution in [-0.4, -0.2) is 11.6 Å². The molecular weight excluding hydrogens is 188 g/mol. The van der Waals surface area contributed by atoms with E-state index in [0.29, 0.717) is 12.0 Å². The number of carbonyl (C=O) groups excluding carboxylic acids is 2. The number of rotatable bonds is 1. The summed E-state index contributed by atoms with van der Waals surface area (Å²) in [6.07, 6.45) is 5.37. The molecule has 0 fully saturated rings. The molecule has 1 aliphatic carbocycles. The average Bonchev–Trinajstić information content (AvgIpc) is 2.26. The first-order chi connectivity index (χ1) is 7.27. The maximum absolute atomic E-state index is 11.5. The van der Waals surface area contributed by atoms with Crippen LogP contribution in [-0.2, 0) is 9.59 Å². The quantitative estimate of drug-likeness (QED) is 0.512. The van der Waals surface area contributed by atoms with E-state index in [1.54, 1.807) is 12.2 Å². The van der Waals surface area contributed by atoms with Crippen molar-refractivity contribution in [2.75, 3.05) is 0 Å². The largest absolute Gasteiger partial charge is 0.286 e. The molecule has 0 atom stereocenters. The zero-order chi connectivity index (χ0) is 10.7. The molecule has 0 saturated carbocycles. The van der Waals surface area contributed by atoms with Crippen molar-refractivity contribution in [2.45, 2.75) is 6.42 Å². The van der Waals surface area contributed by atoms with Gasteiger partial charge in [0.25, 0.3) is 0 Å². The van der Waals surface area contributed by atoms with Crippen LogP contribution in [0.3, 0.4) is 0 Å². The Morgan fingerprint density at radius 1 is 1.07 bits per heavy atom. The Bertz CT molecular complexity index is 453. The predicted molar refractivity (Wildman–Crippen MR) is 58.2 cm³/mol. The molecule has 1 aliphatic rings. The SMILES string of the molecule is O=C1C=CCC(=Cc2ccccc2)C1=O. The lowest BCUT2D eigenvalue weighted by molar-refractivity contribution is -0.131. The van der Waals surface area contributed by atoms with Gasteiger partial charge in [0, 0.05) is 5.57 Å². The highest BCUT2D eigenvalue weighted by molar-refractivity contribution is 6.48. The number of hydrogen-bond acceptors (Lipinski definition) is 2. The number of ketones is 2. The standard InChI is InChI=1S/C13H10O2/c14-12-8-4-7-11(13(12)15)9-10-5-2-1-3-6-10/h1-6,8-9H,7H2. The molecule has 2 rings (SSSR count). The van der Waals surface area contributed by atoms with Crippen LogP contribution in [0, 0.1) is 0 Å². The minimum absolute atomic E-state index is 0.388. The zero-order valence-corrected chi connectivity index (χ0v) is 8.14. The monoisotopic (exact) mass is 198 g/mol. The van der Waals surface area contributed by atoms with Crippen molar-refractivity contribution in [1.82, 2.24) is 0 Å². The van der Waals surface area contributed by atoms with E-state index in [2.05, 4.69) is 0 Å². The third-order valence-electron chi connectivity index (χ3n) is 2.26. The van der Waals surface area contributed by atoms with Crippen LogP contribution >= 0.6 is 0 Å². The van der Waals surface area contributed by atoms with Crippen molar-refractivity contribution < 1.29 is 9.59 Å². The molecule has 2 heteroatoms. The number of carbonyl (C=O) groups is 2. The van der Waals surface area contributed by atoms with Crippen LogP contribution in [0.5, 0.6) is 0 Å². The van der Waals surface area contributed by atoms with Crippen LogP contribution in [0.15, 0.2) is 48.1 Å². The molecule has 0 spiro atoms. The summed E-state index contributed by atoms with van der Waals surface area (Å²) in [6.45, 7) is 0. The molecule has 0 aromatic heterocycles. The van der Waals surface area contributed by atoms with Crippen LogP contribution < -0.4 is 0 Å². The molecular formula is C13H10O2. The van der Waals surface area contributed by atoms with Gasteiger partial charge in [-0.05, 0) is 24.1 Å². The van der Waals surface area contributed by atoms with Gasteiger partial charge in [-0.25, -0.2) is 0 Å². The summed E-state index contributed by atoms with van der Waals surface area (Å²) in [5.41, 5.74) is 1.51. The normalized spacial score (nSPS) is 18.5. The molecule has 2 nitrogen and oxygen atoms in total. The van der Waals surface area contributed by atoms with Crippen LogP contribution in [0.1, 0.15) is 12.0 Å². The Morgan fingerprint density at radius 2 is 1.80 bits per heavy atom. The van der Waals surface area contributed by atoms with Gasteiger partial charge < -0.3 is 0 Å². The molecule has 15 heavy (non-hydrogen) atoms. The molecule has 74 valence electrons. The Kier molecular flexibility index (Phi) is 2.59. The van der Waals surface area contributed by atoms with Gasteiger partial charge in [0.05, 0.1) is 0 Å². The fourth-order valence-electron chi connectivity index (χ4n) is 1.49. The lowest BCUT2D eigenvalue weighted by Gasteiger charge is -2.05. The van der Waals surface area contributed by atoms with Gasteiger partial charge >= 0.3 is 0 Å². The molecule has 0 radical (unpaired) electrons. The Hall–Kier alpha value is -1.96. The second kappa shape index (κ2) is 4.05. The highest BCUT2D eigenvalue weighted by Gasteiger charge is 2.18. The molecule has 0 amide bonds.